The molecule has 20 heavy (non-hydrogen) atoms. The lowest BCUT2D eigenvalue weighted by atomic mass is 9.78. The van der Waals surface area contributed by atoms with Crippen LogP contribution >= 0.6 is 0 Å². The van der Waals surface area contributed by atoms with Crippen molar-refractivity contribution >= 4 is 5.97 Å². The number of hydrogen-bond donors (Lipinski definition) is 0. The van der Waals surface area contributed by atoms with Gasteiger partial charge in [0.05, 0.1) is 12.7 Å². The molecule has 0 radical (unpaired) electrons. The van der Waals surface area contributed by atoms with Crippen molar-refractivity contribution in [2.45, 2.75) is 38.6 Å². The van der Waals surface area contributed by atoms with E-state index in [9.17, 15) is 4.79 Å². The molecule has 1 fully saturated rings. The molecular formula is C17H23NO2. The maximum absolute atomic E-state index is 11.9. The highest BCUT2D eigenvalue weighted by molar-refractivity contribution is 5.91. The molecule has 1 aliphatic carbocycles. The van der Waals surface area contributed by atoms with Crippen LogP contribution in [0.4, 0.5) is 0 Å². The number of hydrogen-bond acceptors (Lipinski definition) is 3. The number of fused-ring (bicyclic) bond motifs is 2. The molecule has 3 nitrogen and oxygen atoms in total. The normalized spacial score (nSPS) is 25.1. The lowest BCUT2D eigenvalue weighted by Crippen LogP contribution is -2.38. The van der Waals surface area contributed by atoms with Gasteiger partial charge in [-0.1, -0.05) is 19.1 Å². The monoisotopic (exact) mass is 273 g/mol. The number of benzene rings is 1. The smallest absolute Gasteiger partial charge is 0.338 e. The number of nitrogens with zero attached hydrogens (tertiary/aromatic N) is 1. The van der Waals surface area contributed by atoms with E-state index in [1.54, 1.807) is 0 Å². The first-order chi connectivity index (χ1) is 9.74. The summed E-state index contributed by atoms with van der Waals surface area (Å²) in [5, 5.41) is 0. The topological polar surface area (TPSA) is 29.5 Å². The molecule has 2 unspecified atom stereocenters. The van der Waals surface area contributed by atoms with Crippen LogP contribution in [0.25, 0.3) is 0 Å². The summed E-state index contributed by atoms with van der Waals surface area (Å²) in [7, 11) is 1.46. The second-order valence-electron chi connectivity index (χ2n) is 6.00. The SMILES string of the molecule is CCCN1CCC2Cc3c(cccc3C(=O)OC)CC21. The fourth-order valence-electron chi connectivity index (χ4n) is 3.94. The Kier molecular flexibility index (Phi) is 3.79. The van der Waals surface area contributed by atoms with Gasteiger partial charge in [0, 0.05) is 6.04 Å². The molecule has 1 aliphatic heterocycles. The molecular weight excluding hydrogens is 250 g/mol. The number of ether oxygens (including phenoxy) is 1. The van der Waals surface area contributed by atoms with Crippen molar-refractivity contribution in [3.63, 3.8) is 0 Å². The van der Waals surface area contributed by atoms with E-state index in [0.29, 0.717) is 12.0 Å². The second kappa shape index (κ2) is 5.57. The van der Waals surface area contributed by atoms with Crippen molar-refractivity contribution in [3.8, 4) is 0 Å². The van der Waals surface area contributed by atoms with Crippen LogP contribution < -0.4 is 0 Å². The molecule has 0 spiro atoms. The van der Waals surface area contributed by atoms with Gasteiger partial charge in [0.25, 0.3) is 0 Å². The van der Waals surface area contributed by atoms with E-state index >= 15 is 0 Å². The van der Waals surface area contributed by atoms with Gasteiger partial charge in [-0.3, -0.25) is 4.90 Å². The van der Waals surface area contributed by atoms with Crippen molar-refractivity contribution in [2.75, 3.05) is 20.2 Å². The van der Waals surface area contributed by atoms with Crippen LogP contribution in [0.2, 0.25) is 0 Å². The van der Waals surface area contributed by atoms with Gasteiger partial charge in [-0.15, -0.1) is 0 Å². The van der Waals surface area contributed by atoms with Crippen molar-refractivity contribution in [1.82, 2.24) is 4.90 Å². The van der Waals surface area contributed by atoms with E-state index in [1.807, 2.05) is 12.1 Å². The minimum atomic E-state index is -0.191. The van der Waals surface area contributed by atoms with Gasteiger partial charge in [-0.25, -0.2) is 4.79 Å². The van der Waals surface area contributed by atoms with Crippen LogP contribution in [-0.4, -0.2) is 37.1 Å². The molecule has 1 saturated heterocycles. The molecule has 0 N–H and O–H groups in total. The first-order valence-electron chi connectivity index (χ1n) is 7.67. The number of carbonyl (C=O) groups excluding carboxylic acids is 1. The molecule has 2 atom stereocenters. The van der Waals surface area contributed by atoms with E-state index in [2.05, 4.69) is 17.9 Å². The number of likely N-dealkylation sites (tertiary alicyclic amines) is 1. The van der Waals surface area contributed by atoms with Gasteiger partial charge in [-0.2, -0.15) is 0 Å². The van der Waals surface area contributed by atoms with Crippen LogP contribution in [0.3, 0.4) is 0 Å². The average Bonchev–Trinajstić information content (AvgIpc) is 2.86. The highest BCUT2D eigenvalue weighted by Gasteiger charge is 2.38. The first kappa shape index (κ1) is 13.6. The molecule has 108 valence electrons. The fraction of sp³-hybridized carbons (Fsp3) is 0.588. The van der Waals surface area contributed by atoms with Gasteiger partial charge >= 0.3 is 5.97 Å². The third kappa shape index (κ3) is 2.24. The highest BCUT2D eigenvalue weighted by Crippen LogP contribution is 2.37. The molecule has 1 aromatic rings. The molecule has 0 saturated carbocycles. The van der Waals surface area contributed by atoms with Crippen LogP contribution in [0.1, 0.15) is 41.3 Å². The van der Waals surface area contributed by atoms with Crippen LogP contribution in [0.5, 0.6) is 0 Å². The zero-order valence-corrected chi connectivity index (χ0v) is 12.4. The lowest BCUT2D eigenvalue weighted by Gasteiger charge is -2.33. The fourth-order valence-corrected chi connectivity index (χ4v) is 3.94. The van der Waals surface area contributed by atoms with Crippen LogP contribution in [0, 0.1) is 5.92 Å². The Morgan fingerprint density at radius 3 is 3.00 bits per heavy atom. The van der Waals surface area contributed by atoms with Crippen molar-refractivity contribution in [1.29, 1.82) is 0 Å². The lowest BCUT2D eigenvalue weighted by molar-refractivity contribution is 0.0598. The Morgan fingerprint density at radius 2 is 2.25 bits per heavy atom. The molecule has 0 bridgehead atoms. The zero-order valence-electron chi connectivity index (χ0n) is 12.4. The number of carbonyl (C=O) groups is 1. The Labute approximate surface area is 120 Å². The standard InChI is InChI=1S/C17H23NO2/c1-3-8-18-9-7-13-10-15-12(11-16(13)18)5-4-6-14(15)17(19)20-2/h4-6,13,16H,3,7-11H2,1-2H3. The van der Waals surface area contributed by atoms with Gasteiger partial charge in [-0.05, 0) is 61.9 Å². The predicted octanol–water partition coefficient (Wildman–Crippen LogP) is 2.67. The third-order valence-corrected chi connectivity index (χ3v) is 4.88. The number of esters is 1. The van der Waals surface area contributed by atoms with Gasteiger partial charge in [0.1, 0.15) is 0 Å². The molecule has 1 aromatic carbocycles. The number of methoxy groups -OCH3 is 1. The summed E-state index contributed by atoms with van der Waals surface area (Å²) in [5.74, 6) is 0.517. The summed E-state index contributed by atoms with van der Waals surface area (Å²) < 4.78 is 4.92. The summed E-state index contributed by atoms with van der Waals surface area (Å²) in [6.07, 6.45) is 4.61. The zero-order chi connectivity index (χ0) is 14.1. The molecule has 2 aliphatic rings. The van der Waals surface area contributed by atoms with Crippen molar-refractivity contribution in [3.05, 3.63) is 34.9 Å². The summed E-state index contributed by atoms with van der Waals surface area (Å²) >= 11 is 0. The largest absolute Gasteiger partial charge is 0.465 e. The average molecular weight is 273 g/mol. The molecule has 0 aromatic heterocycles. The Morgan fingerprint density at radius 1 is 1.40 bits per heavy atom. The Hall–Kier alpha value is -1.35. The maximum atomic E-state index is 11.9. The van der Waals surface area contributed by atoms with Crippen LogP contribution in [0.15, 0.2) is 18.2 Å². The van der Waals surface area contributed by atoms with E-state index < -0.39 is 0 Å². The van der Waals surface area contributed by atoms with Gasteiger partial charge in [0.15, 0.2) is 0 Å². The van der Waals surface area contributed by atoms with E-state index in [0.717, 1.165) is 18.4 Å². The van der Waals surface area contributed by atoms with Gasteiger partial charge in [0.2, 0.25) is 0 Å². The minimum Gasteiger partial charge on any atom is -0.465 e. The van der Waals surface area contributed by atoms with Crippen LogP contribution in [-0.2, 0) is 17.6 Å². The summed E-state index contributed by atoms with van der Waals surface area (Å²) in [6, 6.07) is 6.75. The summed E-state index contributed by atoms with van der Waals surface area (Å²) in [5.41, 5.74) is 3.36. The molecule has 0 amide bonds. The summed E-state index contributed by atoms with van der Waals surface area (Å²) in [6.45, 7) is 4.66. The molecule has 1 heterocycles. The second-order valence-corrected chi connectivity index (χ2v) is 6.00. The highest BCUT2D eigenvalue weighted by atomic mass is 16.5. The van der Waals surface area contributed by atoms with Crippen molar-refractivity contribution < 1.29 is 9.53 Å². The number of rotatable bonds is 3. The Balaban J connectivity index is 1.90. The van der Waals surface area contributed by atoms with Crippen molar-refractivity contribution in [2.24, 2.45) is 5.92 Å². The minimum absolute atomic E-state index is 0.191. The van der Waals surface area contributed by atoms with E-state index in [1.165, 1.54) is 44.2 Å². The van der Waals surface area contributed by atoms with E-state index in [-0.39, 0.29) is 5.97 Å². The molecule has 3 heteroatoms. The predicted molar refractivity (Wildman–Crippen MR) is 78.9 cm³/mol. The Bertz CT molecular complexity index is 512. The third-order valence-electron chi connectivity index (χ3n) is 4.88. The maximum Gasteiger partial charge on any atom is 0.338 e. The first-order valence-corrected chi connectivity index (χ1v) is 7.67. The van der Waals surface area contributed by atoms with Gasteiger partial charge < -0.3 is 4.74 Å². The summed E-state index contributed by atoms with van der Waals surface area (Å²) in [4.78, 5) is 14.5. The van der Waals surface area contributed by atoms with E-state index in [4.69, 9.17) is 4.74 Å². The molecule has 3 rings (SSSR count). The quantitative estimate of drug-likeness (QED) is 0.793.